The van der Waals surface area contributed by atoms with E-state index in [1.165, 1.54) is 22.8 Å². The molecule has 14 heteroatoms. The summed E-state index contributed by atoms with van der Waals surface area (Å²) >= 11 is 11.9. The van der Waals surface area contributed by atoms with E-state index in [0.29, 0.717) is 12.8 Å². The number of ether oxygens (including phenoxy) is 1. The molecule has 0 radical (unpaired) electrons. The van der Waals surface area contributed by atoms with Gasteiger partial charge >= 0.3 is 12.1 Å². The third kappa shape index (κ3) is 5.14. The van der Waals surface area contributed by atoms with Crippen LogP contribution >= 0.6 is 23.2 Å². The number of carbonyl (C=O) groups excluding carboxylic acids is 1. The van der Waals surface area contributed by atoms with Gasteiger partial charge in [0.05, 0.1) is 16.2 Å². The molecule has 0 saturated carbocycles. The summed E-state index contributed by atoms with van der Waals surface area (Å²) in [4.78, 5) is 11.3. The van der Waals surface area contributed by atoms with Crippen molar-refractivity contribution >= 4 is 39.2 Å². The molecule has 31 heavy (non-hydrogen) atoms. The third-order valence-corrected chi connectivity index (χ3v) is 7.55. The number of carbonyl (C=O) groups is 1. The van der Waals surface area contributed by atoms with Crippen LogP contribution in [-0.4, -0.2) is 48.2 Å². The molecule has 3 rings (SSSR count). The number of rotatable bonds is 5. The topological polar surface area (TPSA) is 118 Å². The van der Waals surface area contributed by atoms with Crippen LogP contribution in [0.2, 0.25) is 10.0 Å². The number of halogens is 5. The van der Waals surface area contributed by atoms with Gasteiger partial charge in [0.1, 0.15) is 10.6 Å². The van der Waals surface area contributed by atoms with Gasteiger partial charge in [-0.3, -0.25) is 5.10 Å². The Morgan fingerprint density at radius 2 is 1.87 bits per heavy atom. The molecule has 170 valence electrons. The molecule has 2 heterocycles. The summed E-state index contributed by atoms with van der Waals surface area (Å²) in [5.74, 6) is -3.17. The molecule has 3 N–H and O–H groups in total. The summed E-state index contributed by atoms with van der Waals surface area (Å²) in [6, 6.07) is 1.38. The lowest BCUT2D eigenvalue weighted by atomic mass is 9.86. The molecule has 1 aromatic carbocycles. The number of esters is 1. The van der Waals surface area contributed by atoms with Crippen LogP contribution in [-0.2, 0) is 14.8 Å². The smallest absolute Gasteiger partial charge is 0.419 e. The average Bonchev–Trinajstić information content (AvgIpc) is 3.25. The van der Waals surface area contributed by atoms with E-state index in [1.54, 1.807) is 0 Å². The van der Waals surface area contributed by atoms with Crippen LogP contribution in [0.3, 0.4) is 0 Å². The Morgan fingerprint density at radius 3 is 2.42 bits per heavy atom. The Labute approximate surface area is 185 Å². The molecule has 1 aliphatic rings. The van der Waals surface area contributed by atoms with Crippen LogP contribution < -0.4 is 10.5 Å². The molecule has 0 bridgehead atoms. The Bertz CT molecular complexity index is 1060. The van der Waals surface area contributed by atoms with Gasteiger partial charge in [-0.25, -0.2) is 13.2 Å². The van der Waals surface area contributed by atoms with Crippen molar-refractivity contribution in [1.29, 1.82) is 0 Å². The lowest BCUT2D eigenvalue weighted by Gasteiger charge is -2.34. The summed E-state index contributed by atoms with van der Waals surface area (Å²) in [6.45, 7) is 0.287. The average molecular weight is 501 g/mol. The standard InChI is InChI=1S/C17H17Cl2F3N4O4S/c18-12-5-11(14(6-13(12)19)30-16(27)17(20,21)22)15(23)9-1-3-26(4-2-9)31(28,29)10-7-24-25-8-10/h5-9,15H,1-4,23H2,(H,24,25)/t15-/m1/s1. The molecule has 0 unspecified atom stereocenters. The Kier molecular flexibility index (Phi) is 6.87. The highest BCUT2D eigenvalue weighted by Gasteiger charge is 2.42. The number of hydrogen-bond donors (Lipinski definition) is 2. The first kappa shape index (κ1) is 23.8. The lowest BCUT2D eigenvalue weighted by Crippen LogP contribution is -2.41. The molecule has 0 spiro atoms. The fourth-order valence-corrected chi connectivity index (χ4v) is 5.01. The van der Waals surface area contributed by atoms with Crippen LogP contribution in [0.5, 0.6) is 5.75 Å². The molecular weight excluding hydrogens is 484 g/mol. The molecule has 1 atom stereocenters. The number of aromatic amines is 1. The second-order valence-corrected chi connectivity index (χ2v) is 9.65. The van der Waals surface area contributed by atoms with Gasteiger partial charge in [0.25, 0.3) is 0 Å². The normalized spacial score (nSPS) is 17.5. The monoisotopic (exact) mass is 500 g/mol. The minimum Gasteiger partial charge on any atom is -0.419 e. The number of alkyl halides is 3. The van der Waals surface area contributed by atoms with E-state index in [1.807, 2.05) is 0 Å². The number of nitrogens with zero attached hydrogens (tertiary/aromatic N) is 2. The van der Waals surface area contributed by atoms with Gasteiger partial charge in [-0.2, -0.15) is 22.6 Å². The number of benzene rings is 1. The minimum atomic E-state index is -5.21. The van der Waals surface area contributed by atoms with Crippen molar-refractivity contribution in [3.05, 3.63) is 40.1 Å². The maximum atomic E-state index is 12.6. The Hall–Kier alpha value is -1.86. The van der Waals surface area contributed by atoms with Crippen LogP contribution in [0.1, 0.15) is 24.4 Å². The second-order valence-electron chi connectivity index (χ2n) is 6.89. The number of hydrogen-bond acceptors (Lipinski definition) is 6. The van der Waals surface area contributed by atoms with Crippen molar-refractivity contribution in [3.8, 4) is 5.75 Å². The molecular formula is C17H17Cl2F3N4O4S. The maximum absolute atomic E-state index is 12.6. The number of aromatic nitrogens is 2. The van der Waals surface area contributed by atoms with E-state index in [9.17, 15) is 26.4 Å². The third-order valence-electron chi connectivity index (χ3n) is 4.96. The maximum Gasteiger partial charge on any atom is 0.491 e. The highest BCUT2D eigenvalue weighted by Crippen LogP contribution is 2.39. The van der Waals surface area contributed by atoms with Crippen molar-refractivity contribution in [2.75, 3.05) is 13.1 Å². The van der Waals surface area contributed by atoms with Gasteiger partial charge in [0.15, 0.2) is 0 Å². The number of nitrogens with two attached hydrogens (primary N) is 1. The van der Waals surface area contributed by atoms with Gasteiger partial charge in [0.2, 0.25) is 10.0 Å². The summed E-state index contributed by atoms with van der Waals surface area (Å²) in [7, 11) is -3.72. The zero-order valence-electron chi connectivity index (χ0n) is 15.7. The van der Waals surface area contributed by atoms with E-state index >= 15 is 0 Å². The molecule has 0 aliphatic carbocycles. The molecule has 1 saturated heterocycles. The largest absolute Gasteiger partial charge is 0.491 e. The van der Waals surface area contributed by atoms with E-state index in [0.717, 1.165) is 6.07 Å². The molecule has 1 aromatic heterocycles. The van der Waals surface area contributed by atoms with Crippen molar-refractivity contribution in [2.45, 2.75) is 30.0 Å². The zero-order valence-corrected chi connectivity index (χ0v) is 18.0. The summed E-state index contributed by atoms with van der Waals surface area (Å²) in [5.41, 5.74) is 6.34. The first-order chi connectivity index (χ1) is 14.4. The predicted octanol–water partition coefficient (Wildman–Crippen LogP) is 3.28. The minimum absolute atomic E-state index is 0.0268. The van der Waals surface area contributed by atoms with Crippen molar-refractivity contribution in [1.82, 2.24) is 14.5 Å². The fraction of sp³-hybridized carbons (Fsp3) is 0.412. The first-order valence-corrected chi connectivity index (χ1v) is 11.1. The highest BCUT2D eigenvalue weighted by molar-refractivity contribution is 7.89. The van der Waals surface area contributed by atoms with Gasteiger partial charge in [-0.15, -0.1) is 0 Å². The Balaban J connectivity index is 1.78. The van der Waals surface area contributed by atoms with Crippen LogP contribution in [0.4, 0.5) is 13.2 Å². The molecule has 1 aliphatic heterocycles. The number of nitrogens with one attached hydrogen (secondary N) is 1. The molecule has 0 amide bonds. The van der Waals surface area contributed by atoms with Gasteiger partial charge in [0, 0.05) is 37.0 Å². The number of piperidine rings is 1. The quantitative estimate of drug-likeness (QED) is 0.480. The molecule has 2 aromatic rings. The fourth-order valence-electron chi connectivity index (χ4n) is 3.31. The SMILES string of the molecule is N[C@@H](c1cc(Cl)c(Cl)cc1OC(=O)C(F)(F)F)C1CCN(S(=O)(=O)c2cn[nH]c2)CC1. The van der Waals surface area contributed by atoms with Gasteiger partial charge < -0.3 is 10.5 Å². The van der Waals surface area contributed by atoms with Crippen LogP contribution in [0, 0.1) is 5.92 Å². The van der Waals surface area contributed by atoms with Gasteiger partial charge in [-0.05, 0) is 24.8 Å². The van der Waals surface area contributed by atoms with E-state index < -0.39 is 34.0 Å². The summed E-state index contributed by atoms with van der Waals surface area (Å²) in [6.07, 6.45) is -2.09. The van der Waals surface area contributed by atoms with Crippen molar-refractivity contribution < 1.29 is 31.1 Å². The second kappa shape index (κ2) is 8.94. The van der Waals surface area contributed by atoms with Gasteiger partial charge in [-0.1, -0.05) is 23.2 Å². The summed E-state index contributed by atoms with van der Waals surface area (Å²) in [5, 5.41) is 6.00. The molecule has 8 nitrogen and oxygen atoms in total. The van der Waals surface area contributed by atoms with E-state index in [-0.39, 0.29) is 39.5 Å². The lowest BCUT2D eigenvalue weighted by molar-refractivity contribution is -0.189. The van der Waals surface area contributed by atoms with Crippen LogP contribution in [0.25, 0.3) is 0 Å². The first-order valence-electron chi connectivity index (χ1n) is 8.93. The van der Waals surface area contributed by atoms with Crippen molar-refractivity contribution in [2.24, 2.45) is 11.7 Å². The number of sulfonamides is 1. The molecule has 1 fully saturated rings. The van der Waals surface area contributed by atoms with E-state index in [4.69, 9.17) is 28.9 Å². The van der Waals surface area contributed by atoms with Crippen molar-refractivity contribution in [3.63, 3.8) is 0 Å². The zero-order chi connectivity index (χ0) is 23.0. The van der Waals surface area contributed by atoms with Crippen LogP contribution in [0.15, 0.2) is 29.4 Å². The predicted molar refractivity (Wildman–Crippen MR) is 105 cm³/mol. The summed E-state index contributed by atoms with van der Waals surface area (Å²) < 4.78 is 68.8. The highest BCUT2D eigenvalue weighted by atomic mass is 35.5. The van der Waals surface area contributed by atoms with E-state index in [2.05, 4.69) is 14.9 Å². The number of H-pyrrole nitrogens is 1. The Morgan fingerprint density at radius 1 is 1.26 bits per heavy atom.